The highest BCUT2D eigenvalue weighted by Crippen LogP contribution is 2.50. The maximum atomic E-state index is 2.79. The van der Waals surface area contributed by atoms with E-state index in [9.17, 15) is 0 Å². The maximum Gasteiger partial charge on any atom is 0.0234 e. The zero-order valence-corrected chi connectivity index (χ0v) is 11.7. The van der Waals surface area contributed by atoms with E-state index in [1.807, 2.05) is 0 Å². The van der Waals surface area contributed by atoms with Crippen LogP contribution in [0, 0.1) is 11.8 Å². The van der Waals surface area contributed by atoms with Crippen molar-refractivity contribution in [2.45, 2.75) is 31.8 Å². The van der Waals surface area contributed by atoms with Gasteiger partial charge in [-0.3, -0.25) is 9.80 Å². The van der Waals surface area contributed by atoms with Gasteiger partial charge < -0.3 is 0 Å². The summed E-state index contributed by atoms with van der Waals surface area (Å²) in [5, 5.41) is 0. The van der Waals surface area contributed by atoms with Gasteiger partial charge in [-0.05, 0) is 36.7 Å². The summed E-state index contributed by atoms with van der Waals surface area (Å²) >= 11 is 0. The molecule has 1 atom stereocenters. The van der Waals surface area contributed by atoms with E-state index in [4.69, 9.17) is 0 Å². The fourth-order valence-corrected chi connectivity index (χ4v) is 4.37. The third-order valence-corrected chi connectivity index (χ3v) is 5.52. The predicted molar refractivity (Wildman–Crippen MR) is 77.9 cm³/mol. The van der Waals surface area contributed by atoms with Crippen molar-refractivity contribution in [1.82, 2.24) is 9.80 Å². The third kappa shape index (κ3) is 2.32. The van der Waals surface area contributed by atoms with Crippen LogP contribution in [0.3, 0.4) is 0 Å². The van der Waals surface area contributed by atoms with Crippen molar-refractivity contribution in [1.29, 1.82) is 0 Å². The minimum Gasteiger partial charge on any atom is -0.298 e. The molecule has 0 amide bonds. The van der Waals surface area contributed by atoms with Gasteiger partial charge >= 0.3 is 0 Å². The molecule has 0 N–H and O–H groups in total. The van der Waals surface area contributed by atoms with E-state index in [2.05, 4.69) is 40.1 Å². The molecule has 102 valence electrons. The van der Waals surface area contributed by atoms with E-state index in [0.717, 1.165) is 24.4 Å². The van der Waals surface area contributed by atoms with Gasteiger partial charge in [0, 0.05) is 38.8 Å². The molecule has 1 aliphatic heterocycles. The first-order chi connectivity index (χ1) is 9.38. The highest BCUT2D eigenvalue weighted by molar-refractivity contribution is 5.14. The number of rotatable bonds is 3. The van der Waals surface area contributed by atoms with Gasteiger partial charge in [0.25, 0.3) is 0 Å². The summed E-state index contributed by atoms with van der Waals surface area (Å²) in [6.07, 6.45) is 4.58. The lowest BCUT2D eigenvalue weighted by Crippen LogP contribution is -2.50. The zero-order valence-electron chi connectivity index (χ0n) is 11.7. The molecule has 1 aromatic rings. The van der Waals surface area contributed by atoms with Crippen molar-refractivity contribution in [3.63, 3.8) is 0 Å². The minimum absolute atomic E-state index is 0.948. The lowest BCUT2D eigenvalue weighted by Gasteiger charge is -2.39. The largest absolute Gasteiger partial charge is 0.298 e. The number of nitrogens with zero attached hydrogens (tertiary/aromatic N) is 2. The van der Waals surface area contributed by atoms with Crippen LogP contribution in [0.5, 0.6) is 0 Å². The molecule has 1 unspecified atom stereocenters. The second-order valence-corrected chi connectivity index (χ2v) is 6.70. The van der Waals surface area contributed by atoms with Crippen molar-refractivity contribution in [3.8, 4) is 0 Å². The summed E-state index contributed by atoms with van der Waals surface area (Å²) in [5.41, 5.74) is 1.46. The molecule has 0 spiro atoms. The second kappa shape index (κ2) is 4.92. The average molecular weight is 256 g/mol. The molecule has 0 aromatic heterocycles. The molecule has 1 saturated heterocycles. The van der Waals surface area contributed by atoms with Crippen molar-refractivity contribution in [3.05, 3.63) is 35.9 Å². The SMILES string of the molecule is c1ccc(CN2CCN(C3CC4CC3C4)CC2)cc1. The van der Waals surface area contributed by atoms with E-state index in [0.29, 0.717) is 0 Å². The molecule has 0 radical (unpaired) electrons. The standard InChI is InChI=1S/C17H24N2/c1-2-4-14(5-3-1)13-18-6-8-19(9-7-18)17-12-15-10-16(17)11-15/h1-5,15-17H,6-13H2. The Morgan fingerprint density at radius 1 is 0.895 bits per heavy atom. The predicted octanol–water partition coefficient (Wildman–Crippen LogP) is 2.60. The topological polar surface area (TPSA) is 6.48 Å². The van der Waals surface area contributed by atoms with Gasteiger partial charge in [0.05, 0.1) is 0 Å². The van der Waals surface area contributed by atoms with Gasteiger partial charge in [-0.2, -0.15) is 0 Å². The summed E-state index contributed by atoms with van der Waals surface area (Å²) in [7, 11) is 0. The van der Waals surface area contributed by atoms with Crippen LogP contribution in [-0.4, -0.2) is 42.0 Å². The average Bonchev–Trinajstić information content (AvgIpc) is 3.00. The van der Waals surface area contributed by atoms with Gasteiger partial charge in [-0.1, -0.05) is 30.3 Å². The summed E-state index contributed by atoms with van der Waals surface area (Å²) < 4.78 is 0. The highest BCUT2D eigenvalue weighted by atomic mass is 15.3. The van der Waals surface area contributed by atoms with Gasteiger partial charge in [-0.25, -0.2) is 0 Å². The first-order valence-electron chi connectivity index (χ1n) is 7.89. The Bertz CT molecular complexity index is 416. The molecule has 2 bridgehead atoms. The zero-order chi connectivity index (χ0) is 12.7. The van der Waals surface area contributed by atoms with Crippen molar-refractivity contribution >= 4 is 0 Å². The van der Waals surface area contributed by atoms with E-state index < -0.39 is 0 Å². The number of hydrogen-bond donors (Lipinski definition) is 0. The van der Waals surface area contributed by atoms with E-state index in [1.165, 1.54) is 51.0 Å². The Kier molecular flexibility index (Phi) is 3.08. The smallest absolute Gasteiger partial charge is 0.0234 e. The number of benzene rings is 1. The lowest BCUT2D eigenvalue weighted by molar-refractivity contribution is 0.0779. The maximum absolute atomic E-state index is 2.79. The molecule has 1 heterocycles. The fraction of sp³-hybridized carbons (Fsp3) is 0.647. The Morgan fingerprint density at radius 2 is 1.63 bits per heavy atom. The number of fused-ring (bicyclic) bond motifs is 1. The molecule has 4 fully saturated rings. The Labute approximate surface area is 116 Å². The van der Waals surface area contributed by atoms with E-state index >= 15 is 0 Å². The normalized spacial score (nSPS) is 35.3. The van der Waals surface area contributed by atoms with Crippen LogP contribution < -0.4 is 0 Å². The Morgan fingerprint density at radius 3 is 2.26 bits per heavy atom. The molecule has 2 heteroatoms. The van der Waals surface area contributed by atoms with Gasteiger partial charge in [0.2, 0.25) is 0 Å². The van der Waals surface area contributed by atoms with Crippen LogP contribution in [0.4, 0.5) is 0 Å². The van der Waals surface area contributed by atoms with Crippen LogP contribution in [0.25, 0.3) is 0 Å². The summed E-state index contributed by atoms with van der Waals surface area (Å²) in [6.45, 7) is 6.22. The first-order valence-corrected chi connectivity index (χ1v) is 7.89. The molecular formula is C17H24N2. The van der Waals surface area contributed by atoms with Crippen LogP contribution in [0.15, 0.2) is 30.3 Å². The van der Waals surface area contributed by atoms with Crippen LogP contribution in [-0.2, 0) is 6.54 Å². The first kappa shape index (κ1) is 11.9. The third-order valence-electron chi connectivity index (χ3n) is 5.52. The second-order valence-electron chi connectivity index (χ2n) is 6.70. The fourth-order valence-electron chi connectivity index (χ4n) is 4.37. The minimum atomic E-state index is 0.948. The number of hydrogen-bond acceptors (Lipinski definition) is 2. The Balaban J connectivity index is 1.30. The highest BCUT2D eigenvalue weighted by Gasteiger charge is 2.46. The molecule has 5 rings (SSSR count). The molecule has 2 nitrogen and oxygen atoms in total. The summed E-state index contributed by atoms with van der Waals surface area (Å²) in [4.78, 5) is 5.41. The molecule has 3 saturated carbocycles. The van der Waals surface area contributed by atoms with Crippen molar-refractivity contribution in [2.24, 2.45) is 11.8 Å². The molecular weight excluding hydrogens is 232 g/mol. The molecule has 4 aliphatic rings. The van der Waals surface area contributed by atoms with E-state index in [1.54, 1.807) is 0 Å². The van der Waals surface area contributed by atoms with Crippen molar-refractivity contribution in [2.75, 3.05) is 26.2 Å². The van der Waals surface area contributed by atoms with E-state index in [-0.39, 0.29) is 0 Å². The lowest BCUT2D eigenvalue weighted by atomic mass is 9.84. The molecule has 1 aromatic carbocycles. The van der Waals surface area contributed by atoms with Gasteiger partial charge in [0.15, 0.2) is 0 Å². The van der Waals surface area contributed by atoms with Gasteiger partial charge in [0.1, 0.15) is 0 Å². The molecule has 19 heavy (non-hydrogen) atoms. The quantitative estimate of drug-likeness (QED) is 0.820. The van der Waals surface area contributed by atoms with Crippen LogP contribution in [0.2, 0.25) is 0 Å². The van der Waals surface area contributed by atoms with Crippen LogP contribution >= 0.6 is 0 Å². The van der Waals surface area contributed by atoms with Crippen molar-refractivity contribution < 1.29 is 0 Å². The number of piperazine rings is 1. The Hall–Kier alpha value is -0.860. The summed E-state index contributed by atoms with van der Waals surface area (Å²) in [6, 6.07) is 11.8. The van der Waals surface area contributed by atoms with Gasteiger partial charge in [-0.15, -0.1) is 0 Å². The molecule has 3 aliphatic carbocycles. The van der Waals surface area contributed by atoms with Crippen LogP contribution in [0.1, 0.15) is 24.8 Å². The summed E-state index contributed by atoms with van der Waals surface area (Å²) in [5.74, 6) is 2.16. The monoisotopic (exact) mass is 256 g/mol.